The van der Waals surface area contributed by atoms with Crippen molar-refractivity contribution in [2.75, 3.05) is 16.8 Å². The average Bonchev–Trinajstić information content (AvgIpc) is 2.54. The van der Waals surface area contributed by atoms with E-state index in [0.717, 1.165) is 11.3 Å². The monoisotopic (exact) mass is 392 g/mol. The Kier molecular flexibility index (Phi) is 6.32. The Bertz CT molecular complexity index is 829. The SMILES string of the molecule is CC(=O)N(CC(=O)Nc1ccccc1C(C)(C)C)c1ccc(Cl)c(Cl)c1. The second-order valence-electron chi connectivity index (χ2n) is 7.05. The number of para-hydroxylation sites is 1. The number of rotatable bonds is 4. The van der Waals surface area contributed by atoms with Gasteiger partial charge in [-0.05, 0) is 35.2 Å². The minimum absolute atomic E-state index is 0.117. The van der Waals surface area contributed by atoms with E-state index in [2.05, 4.69) is 26.1 Å². The molecule has 0 fully saturated rings. The first kappa shape index (κ1) is 20.3. The van der Waals surface area contributed by atoms with Crippen molar-refractivity contribution in [2.24, 2.45) is 0 Å². The third kappa shape index (κ3) is 4.99. The molecule has 0 unspecified atom stereocenters. The zero-order valence-corrected chi connectivity index (χ0v) is 16.8. The molecule has 138 valence electrons. The van der Waals surface area contributed by atoms with Gasteiger partial charge in [0.05, 0.1) is 10.0 Å². The third-order valence-corrected chi connectivity index (χ3v) is 4.64. The average molecular weight is 393 g/mol. The van der Waals surface area contributed by atoms with Gasteiger partial charge in [-0.25, -0.2) is 0 Å². The van der Waals surface area contributed by atoms with Crippen LogP contribution in [-0.2, 0) is 15.0 Å². The number of hydrogen-bond donors (Lipinski definition) is 1. The van der Waals surface area contributed by atoms with Gasteiger partial charge in [-0.1, -0.05) is 62.2 Å². The Hall–Kier alpha value is -2.04. The molecule has 26 heavy (non-hydrogen) atoms. The first-order chi connectivity index (χ1) is 12.1. The van der Waals surface area contributed by atoms with Gasteiger partial charge in [-0.15, -0.1) is 0 Å². The van der Waals surface area contributed by atoms with Crippen molar-refractivity contribution in [3.05, 3.63) is 58.1 Å². The molecule has 2 aromatic carbocycles. The van der Waals surface area contributed by atoms with Gasteiger partial charge in [0.1, 0.15) is 6.54 Å². The molecule has 2 aromatic rings. The van der Waals surface area contributed by atoms with Crippen molar-refractivity contribution in [2.45, 2.75) is 33.1 Å². The molecule has 0 aliphatic heterocycles. The van der Waals surface area contributed by atoms with Crippen molar-refractivity contribution < 1.29 is 9.59 Å². The van der Waals surface area contributed by atoms with E-state index in [9.17, 15) is 9.59 Å². The number of nitrogens with zero attached hydrogens (tertiary/aromatic N) is 1. The van der Waals surface area contributed by atoms with Gasteiger partial charge in [0, 0.05) is 18.3 Å². The molecule has 2 amide bonds. The third-order valence-electron chi connectivity index (χ3n) is 3.91. The van der Waals surface area contributed by atoms with Crippen LogP contribution in [0.4, 0.5) is 11.4 Å². The van der Waals surface area contributed by atoms with Crippen LogP contribution in [-0.4, -0.2) is 18.4 Å². The van der Waals surface area contributed by atoms with E-state index in [0.29, 0.717) is 15.7 Å². The molecule has 0 bridgehead atoms. The second-order valence-corrected chi connectivity index (χ2v) is 7.86. The fourth-order valence-electron chi connectivity index (χ4n) is 2.62. The predicted octanol–water partition coefficient (Wildman–Crippen LogP) is 5.28. The highest BCUT2D eigenvalue weighted by Gasteiger charge is 2.21. The summed E-state index contributed by atoms with van der Waals surface area (Å²) in [7, 11) is 0. The number of hydrogen-bond acceptors (Lipinski definition) is 2. The lowest BCUT2D eigenvalue weighted by atomic mass is 9.86. The minimum Gasteiger partial charge on any atom is -0.324 e. The Morgan fingerprint density at radius 3 is 2.27 bits per heavy atom. The zero-order chi connectivity index (χ0) is 19.5. The largest absolute Gasteiger partial charge is 0.324 e. The molecular weight excluding hydrogens is 371 g/mol. The number of carbonyl (C=O) groups excluding carboxylic acids is 2. The van der Waals surface area contributed by atoms with Gasteiger partial charge in [0.25, 0.3) is 0 Å². The van der Waals surface area contributed by atoms with Crippen LogP contribution in [0, 0.1) is 0 Å². The lowest BCUT2D eigenvalue weighted by molar-refractivity contribution is -0.120. The molecule has 0 radical (unpaired) electrons. The number of benzene rings is 2. The molecular formula is C20H22Cl2N2O2. The van der Waals surface area contributed by atoms with Crippen LogP contribution >= 0.6 is 23.2 Å². The number of nitrogens with one attached hydrogen (secondary N) is 1. The molecule has 0 heterocycles. The van der Waals surface area contributed by atoms with E-state index >= 15 is 0 Å². The maximum Gasteiger partial charge on any atom is 0.244 e. The summed E-state index contributed by atoms with van der Waals surface area (Å²) in [6.45, 7) is 7.52. The maximum absolute atomic E-state index is 12.6. The summed E-state index contributed by atoms with van der Waals surface area (Å²) in [5.74, 6) is -0.550. The van der Waals surface area contributed by atoms with E-state index in [1.54, 1.807) is 18.2 Å². The second kappa shape index (κ2) is 8.11. The van der Waals surface area contributed by atoms with Crippen LogP contribution in [0.5, 0.6) is 0 Å². The number of halogens is 2. The fourth-order valence-corrected chi connectivity index (χ4v) is 2.91. The number of anilines is 2. The Morgan fingerprint density at radius 2 is 1.69 bits per heavy atom. The molecule has 6 heteroatoms. The summed E-state index contributed by atoms with van der Waals surface area (Å²) in [5, 5.41) is 3.63. The molecule has 0 aromatic heterocycles. The smallest absolute Gasteiger partial charge is 0.244 e. The van der Waals surface area contributed by atoms with E-state index < -0.39 is 0 Å². The van der Waals surface area contributed by atoms with Crippen molar-refractivity contribution >= 4 is 46.4 Å². The van der Waals surface area contributed by atoms with Crippen molar-refractivity contribution in [3.63, 3.8) is 0 Å². The topological polar surface area (TPSA) is 49.4 Å². The van der Waals surface area contributed by atoms with Crippen LogP contribution in [0.1, 0.15) is 33.3 Å². The summed E-state index contributed by atoms with van der Waals surface area (Å²) in [6.07, 6.45) is 0. The van der Waals surface area contributed by atoms with Crippen molar-refractivity contribution in [3.8, 4) is 0 Å². The van der Waals surface area contributed by atoms with E-state index in [-0.39, 0.29) is 23.8 Å². The standard InChI is InChI=1S/C20H22Cl2N2O2/c1-13(25)24(14-9-10-16(21)17(22)11-14)12-19(26)23-18-8-6-5-7-15(18)20(2,3)4/h5-11H,12H2,1-4H3,(H,23,26). The van der Waals surface area contributed by atoms with E-state index in [1.807, 2.05) is 24.3 Å². The van der Waals surface area contributed by atoms with Gasteiger partial charge in [-0.3, -0.25) is 9.59 Å². The van der Waals surface area contributed by atoms with Gasteiger partial charge in [0.15, 0.2) is 0 Å². The molecule has 0 spiro atoms. The first-order valence-electron chi connectivity index (χ1n) is 8.22. The Labute approximate surface area is 164 Å². The van der Waals surface area contributed by atoms with E-state index in [4.69, 9.17) is 23.2 Å². The minimum atomic E-state index is -0.289. The molecule has 0 atom stereocenters. The van der Waals surface area contributed by atoms with Crippen LogP contribution < -0.4 is 10.2 Å². The lowest BCUT2D eigenvalue weighted by Crippen LogP contribution is -2.37. The summed E-state index contributed by atoms with van der Waals surface area (Å²) < 4.78 is 0. The normalized spacial score (nSPS) is 11.2. The summed E-state index contributed by atoms with van der Waals surface area (Å²) >= 11 is 12.0. The molecule has 0 aliphatic carbocycles. The summed E-state index contributed by atoms with van der Waals surface area (Å²) in [5.41, 5.74) is 2.17. The Balaban J connectivity index is 2.22. The predicted molar refractivity (Wildman–Crippen MR) is 108 cm³/mol. The number of carbonyl (C=O) groups is 2. The summed E-state index contributed by atoms with van der Waals surface area (Å²) in [4.78, 5) is 26.0. The quantitative estimate of drug-likeness (QED) is 0.768. The molecule has 2 rings (SSSR count). The lowest BCUT2D eigenvalue weighted by Gasteiger charge is -2.24. The highest BCUT2D eigenvalue weighted by atomic mass is 35.5. The van der Waals surface area contributed by atoms with Crippen LogP contribution in [0.25, 0.3) is 0 Å². The maximum atomic E-state index is 12.6. The van der Waals surface area contributed by atoms with Crippen LogP contribution in [0.3, 0.4) is 0 Å². The van der Waals surface area contributed by atoms with Gasteiger partial charge >= 0.3 is 0 Å². The van der Waals surface area contributed by atoms with Crippen LogP contribution in [0.2, 0.25) is 10.0 Å². The fraction of sp³-hybridized carbons (Fsp3) is 0.300. The van der Waals surface area contributed by atoms with Gasteiger partial charge < -0.3 is 10.2 Å². The molecule has 4 nitrogen and oxygen atoms in total. The summed E-state index contributed by atoms with van der Waals surface area (Å²) in [6, 6.07) is 12.5. The highest BCUT2D eigenvalue weighted by molar-refractivity contribution is 6.42. The van der Waals surface area contributed by atoms with E-state index in [1.165, 1.54) is 11.8 Å². The Morgan fingerprint density at radius 1 is 1.04 bits per heavy atom. The molecule has 0 aliphatic rings. The van der Waals surface area contributed by atoms with Crippen molar-refractivity contribution in [1.29, 1.82) is 0 Å². The zero-order valence-electron chi connectivity index (χ0n) is 15.3. The number of amides is 2. The highest BCUT2D eigenvalue weighted by Crippen LogP contribution is 2.30. The van der Waals surface area contributed by atoms with Gasteiger partial charge in [-0.2, -0.15) is 0 Å². The van der Waals surface area contributed by atoms with Crippen LogP contribution in [0.15, 0.2) is 42.5 Å². The molecule has 0 saturated heterocycles. The first-order valence-corrected chi connectivity index (χ1v) is 8.97. The molecule has 1 N–H and O–H groups in total. The van der Waals surface area contributed by atoms with Gasteiger partial charge in [0.2, 0.25) is 11.8 Å². The molecule has 0 saturated carbocycles. The van der Waals surface area contributed by atoms with Crippen molar-refractivity contribution in [1.82, 2.24) is 0 Å².